The Balaban J connectivity index is 2.10. The van der Waals surface area contributed by atoms with Gasteiger partial charge in [-0.15, -0.1) is 0 Å². The Morgan fingerprint density at radius 2 is 1.79 bits per heavy atom. The summed E-state index contributed by atoms with van der Waals surface area (Å²) in [6, 6.07) is 10.0. The molecule has 3 rings (SSSR count). The Hall–Kier alpha value is -2.80. The maximum atomic E-state index is 12.4. The molecule has 0 unspecified atom stereocenters. The smallest absolute Gasteiger partial charge is 0.280 e. The molecule has 7 heteroatoms. The van der Waals surface area contributed by atoms with Gasteiger partial charge in [-0.3, -0.25) is 14.9 Å². The largest absolute Gasteiger partial charge is 0.493 e. The quantitative estimate of drug-likeness (QED) is 0.475. The van der Waals surface area contributed by atoms with Crippen molar-refractivity contribution in [1.82, 2.24) is 0 Å². The second kappa shape index (κ2) is 6.37. The zero-order chi connectivity index (χ0) is 17.3. The summed E-state index contributed by atoms with van der Waals surface area (Å²) in [6.45, 7) is 0. The highest BCUT2D eigenvalue weighted by Gasteiger charge is 2.27. The number of nitro groups is 1. The summed E-state index contributed by atoms with van der Waals surface area (Å²) in [5.41, 5.74) is 0.752. The maximum Gasteiger partial charge on any atom is 0.280 e. The highest BCUT2D eigenvalue weighted by atomic mass is 32.2. The van der Waals surface area contributed by atoms with Gasteiger partial charge in [0.1, 0.15) is 0 Å². The fourth-order valence-corrected chi connectivity index (χ4v) is 3.48. The molecule has 0 amide bonds. The monoisotopic (exact) mass is 343 g/mol. The Morgan fingerprint density at radius 3 is 2.42 bits per heavy atom. The van der Waals surface area contributed by atoms with Crippen molar-refractivity contribution in [2.75, 3.05) is 14.2 Å². The van der Waals surface area contributed by atoms with E-state index in [9.17, 15) is 14.9 Å². The third-order valence-electron chi connectivity index (χ3n) is 3.59. The zero-order valence-electron chi connectivity index (χ0n) is 12.9. The molecule has 1 heterocycles. The minimum Gasteiger partial charge on any atom is -0.493 e. The van der Waals surface area contributed by atoms with Crippen molar-refractivity contribution in [3.63, 3.8) is 0 Å². The van der Waals surface area contributed by atoms with E-state index in [1.807, 2.05) is 12.1 Å². The van der Waals surface area contributed by atoms with E-state index in [0.29, 0.717) is 21.8 Å². The number of carbonyl (C=O) groups is 1. The number of fused-ring (bicyclic) bond motifs is 1. The van der Waals surface area contributed by atoms with Crippen molar-refractivity contribution in [2.45, 2.75) is 4.90 Å². The number of allylic oxidation sites excluding steroid dienone is 1. The predicted molar refractivity (Wildman–Crippen MR) is 90.8 cm³/mol. The number of methoxy groups -OCH3 is 2. The molecule has 2 aromatic carbocycles. The summed E-state index contributed by atoms with van der Waals surface area (Å²) < 4.78 is 10.3. The van der Waals surface area contributed by atoms with Gasteiger partial charge in [-0.1, -0.05) is 23.9 Å². The third kappa shape index (κ3) is 2.74. The van der Waals surface area contributed by atoms with Gasteiger partial charge in [0, 0.05) is 10.5 Å². The number of hydrogen-bond acceptors (Lipinski definition) is 6. The number of nitro benzene ring substituents is 1. The van der Waals surface area contributed by atoms with E-state index in [1.165, 1.54) is 44.2 Å². The number of Topliss-reactive ketones (excluding diaryl/α,β-unsaturated/α-hetero) is 1. The number of ketones is 1. The number of thioether (sulfide) groups is 1. The Morgan fingerprint density at radius 1 is 1.12 bits per heavy atom. The summed E-state index contributed by atoms with van der Waals surface area (Å²) in [5.74, 6) is 0.489. The molecule has 0 radical (unpaired) electrons. The predicted octanol–water partition coefficient (Wildman–Crippen LogP) is 3.94. The first-order chi connectivity index (χ1) is 11.5. The third-order valence-corrected chi connectivity index (χ3v) is 4.69. The second-order valence-electron chi connectivity index (χ2n) is 4.96. The molecule has 0 aromatic heterocycles. The van der Waals surface area contributed by atoms with Gasteiger partial charge in [-0.2, -0.15) is 0 Å². The first kappa shape index (κ1) is 16.1. The molecule has 0 aliphatic carbocycles. The van der Waals surface area contributed by atoms with E-state index in [-0.39, 0.29) is 17.2 Å². The average molecular weight is 343 g/mol. The molecule has 6 nitrogen and oxygen atoms in total. The van der Waals surface area contributed by atoms with Crippen LogP contribution in [-0.2, 0) is 0 Å². The lowest BCUT2D eigenvalue weighted by molar-refractivity contribution is -0.385. The van der Waals surface area contributed by atoms with Crippen LogP contribution in [0.1, 0.15) is 15.9 Å². The summed E-state index contributed by atoms with van der Waals surface area (Å²) in [5, 5.41) is 11.4. The van der Waals surface area contributed by atoms with Crippen LogP contribution in [0.15, 0.2) is 46.2 Å². The van der Waals surface area contributed by atoms with Crippen LogP contribution < -0.4 is 9.47 Å². The maximum absolute atomic E-state index is 12.4. The fourth-order valence-electron chi connectivity index (χ4n) is 2.43. The molecule has 0 bridgehead atoms. The molecule has 2 aromatic rings. The van der Waals surface area contributed by atoms with Crippen LogP contribution in [0.5, 0.6) is 11.5 Å². The standard InChI is InChI=1S/C17H13NO5S/c1-22-13-7-10(12(18(20)21)9-14(13)23-2)8-16-17(19)11-5-3-4-6-15(11)24-16/h3-9H,1-2H3. The van der Waals surface area contributed by atoms with Crippen LogP contribution in [0.2, 0.25) is 0 Å². The number of ether oxygens (including phenoxy) is 2. The van der Waals surface area contributed by atoms with Gasteiger partial charge in [0.05, 0.1) is 35.7 Å². The van der Waals surface area contributed by atoms with Gasteiger partial charge in [-0.05, 0) is 24.3 Å². The van der Waals surface area contributed by atoms with Crippen LogP contribution in [0, 0.1) is 10.1 Å². The van der Waals surface area contributed by atoms with E-state index < -0.39 is 4.92 Å². The summed E-state index contributed by atoms with van der Waals surface area (Å²) in [6.07, 6.45) is 1.52. The van der Waals surface area contributed by atoms with Crippen molar-refractivity contribution in [2.24, 2.45) is 0 Å². The molecule has 1 aliphatic rings. The zero-order valence-corrected chi connectivity index (χ0v) is 13.8. The first-order valence-corrected chi connectivity index (χ1v) is 7.80. The van der Waals surface area contributed by atoms with Crippen LogP contribution in [0.3, 0.4) is 0 Å². The Kier molecular flexibility index (Phi) is 4.26. The van der Waals surface area contributed by atoms with Crippen LogP contribution in [0.4, 0.5) is 5.69 Å². The number of carbonyl (C=O) groups excluding carboxylic acids is 1. The Labute approximate surface area is 142 Å². The minimum absolute atomic E-state index is 0.139. The average Bonchev–Trinajstić information content (AvgIpc) is 2.90. The summed E-state index contributed by atoms with van der Waals surface area (Å²) in [7, 11) is 2.86. The van der Waals surface area contributed by atoms with E-state index in [1.54, 1.807) is 12.1 Å². The number of nitrogens with zero attached hydrogens (tertiary/aromatic N) is 1. The highest BCUT2D eigenvalue weighted by molar-refractivity contribution is 8.04. The van der Waals surface area contributed by atoms with Crippen molar-refractivity contribution in [3.8, 4) is 11.5 Å². The molecule has 0 N–H and O–H groups in total. The molecule has 1 aliphatic heterocycles. The van der Waals surface area contributed by atoms with Gasteiger partial charge in [0.25, 0.3) is 5.69 Å². The Bertz CT molecular complexity index is 875. The van der Waals surface area contributed by atoms with Crippen molar-refractivity contribution in [1.29, 1.82) is 0 Å². The van der Waals surface area contributed by atoms with E-state index >= 15 is 0 Å². The van der Waals surface area contributed by atoms with Crippen molar-refractivity contribution >= 4 is 29.3 Å². The number of benzene rings is 2. The van der Waals surface area contributed by atoms with Crippen molar-refractivity contribution in [3.05, 3.63) is 62.5 Å². The molecule has 122 valence electrons. The van der Waals surface area contributed by atoms with Gasteiger partial charge in [0.2, 0.25) is 5.78 Å². The van der Waals surface area contributed by atoms with Gasteiger partial charge < -0.3 is 9.47 Å². The first-order valence-electron chi connectivity index (χ1n) is 6.99. The van der Waals surface area contributed by atoms with Gasteiger partial charge in [0.15, 0.2) is 11.5 Å². The van der Waals surface area contributed by atoms with Gasteiger partial charge in [-0.25, -0.2) is 0 Å². The lowest BCUT2D eigenvalue weighted by Gasteiger charge is -2.09. The van der Waals surface area contributed by atoms with E-state index in [0.717, 1.165) is 4.90 Å². The second-order valence-corrected chi connectivity index (χ2v) is 6.04. The number of rotatable bonds is 4. The molecule has 24 heavy (non-hydrogen) atoms. The molecule has 0 saturated heterocycles. The minimum atomic E-state index is -0.508. The van der Waals surface area contributed by atoms with E-state index in [2.05, 4.69) is 0 Å². The summed E-state index contributed by atoms with van der Waals surface area (Å²) in [4.78, 5) is 24.6. The van der Waals surface area contributed by atoms with E-state index in [4.69, 9.17) is 9.47 Å². The molecule has 0 saturated carbocycles. The lowest BCUT2D eigenvalue weighted by atomic mass is 10.1. The normalized spacial score (nSPS) is 14.6. The molecular formula is C17H13NO5S. The highest BCUT2D eigenvalue weighted by Crippen LogP contribution is 2.42. The lowest BCUT2D eigenvalue weighted by Crippen LogP contribution is -1.98. The summed E-state index contributed by atoms with van der Waals surface area (Å²) >= 11 is 1.30. The molecule has 0 fully saturated rings. The van der Waals surface area contributed by atoms with Crippen molar-refractivity contribution < 1.29 is 19.2 Å². The molecule has 0 atom stereocenters. The molecular weight excluding hydrogens is 330 g/mol. The van der Waals surface area contributed by atoms with Crippen LogP contribution in [-0.4, -0.2) is 24.9 Å². The van der Waals surface area contributed by atoms with Crippen LogP contribution >= 0.6 is 11.8 Å². The molecule has 0 spiro atoms. The van der Waals surface area contributed by atoms with Gasteiger partial charge >= 0.3 is 0 Å². The SMILES string of the molecule is COc1cc(C=C2Sc3ccccc3C2=O)c([N+](=O)[O-])cc1OC. The van der Waals surface area contributed by atoms with Crippen LogP contribution in [0.25, 0.3) is 6.08 Å². The topological polar surface area (TPSA) is 78.7 Å². The number of hydrogen-bond donors (Lipinski definition) is 0. The fraction of sp³-hybridized carbons (Fsp3) is 0.118.